The lowest BCUT2D eigenvalue weighted by Gasteiger charge is -2.29. The van der Waals surface area contributed by atoms with E-state index in [-0.39, 0.29) is 18.0 Å². The first-order chi connectivity index (χ1) is 17.4. The van der Waals surface area contributed by atoms with E-state index in [0.717, 1.165) is 22.8 Å². The quantitative estimate of drug-likeness (QED) is 0.336. The van der Waals surface area contributed by atoms with Crippen LogP contribution in [0.1, 0.15) is 47.2 Å². The number of amides is 1. The molecule has 0 radical (unpaired) electrons. The predicted octanol–water partition coefficient (Wildman–Crippen LogP) is 5.93. The Morgan fingerprint density at radius 2 is 1.61 bits per heavy atom. The van der Waals surface area contributed by atoms with Gasteiger partial charge in [0, 0.05) is 47.1 Å². The number of hydrogen-bond acceptors (Lipinski definition) is 3. The molecule has 4 aromatic rings. The van der Waals surface area contributed by atoms with Crippen LogP contribution in [0.3, 0.4) is 0 Å². The minimum Gasteiger partial charge on any atom is -0.351 e. The van der Waals surface area contributed by atoms with Gasteiger partial charge in [-0.1, -0.05) is 24.3 Å². The van der Waals surface area contributed by atoms with Crippen molar-refractivity contribution in [3.63, 3.8) is 0 Å². The molecule has 2 aromatic carbocycles. The van der Waals surface area contributed by atoms with Crippen molar-refractivity contribution in [2.45, 2.75) is 39.8 Å². The molecule has 3 heterocycles. The molecule has 6 nitrogen and oxygen atoms in total. The molecule has 2 atom stereocenters. The lowest BCUT2D eigenvalue weighted by atomic mass is 9.93. The van der Waals surface area contributed by atoms with E-state index in [1.54, 1.807) is 0 Å². The molecule has 5 rings (SSSR count). The van der Waals surface area contributed by atoms with Gasteiger partial charge in [-0.2, -0.15) is 0 Å². The van der Waals surface area contributed by atoms with Crippen LogP contribution >= 0.6 is 12.2 Å². The van der Waals surface area contributed by atoms with E-state index >= 15 is 0 Å². The average Bonchev–Trinajstić information content (AvgIpc) is 3.32. The van der Waals surface area contributed by atoms with Crippen LogP contribution in [0.2, 0.25) is 0 Å². The van der Waals surface area contributed by atoms with Gasteiger partial charge in [0.2, 0.25) is 5.91 Å². The summed E-state index contributed by atoms with van der Waals surface area (Å²) in [7, 11) is 0. The van der Waals surface area contributed by atoms with E-state index in [9.17, 15) is 4.79 Å². The van der Waals surface area contributed by atoms with E-state index in [2.05, 4.69) is 70.1 Å². The number of nitrogens with one attached hydrogen (secondary N) is 2. The third kappa shape index (κ3) is 4.16. The minimum atomic E-state index is -0.128. The van der Waals surface area contributed by atoms with Crippen LogP contribution in [0.25, 0.3) is 5.69 Å². The highest BCUT2D eigenvalue weighted by Crippen LogP contribution is 2.45. The summed E-state index contributed by atoms with van der Waals surface area (Å²) in [6.45, 7) is 8.04. The number of anilines is 2. The van der Waals surface area contributed by atoms with Crippen LogP contribution < -0.4 is 15.5 Å². The Balaban J connectivity index is 1.67. The number of nitrogens with zero attached hydrogens (tertiary/aromatic N) is 3. The maximum atomic E-state index is 11.5. The highest BCUT2D eigenvalue weighted by molar-refractivity contribution is 7.80. The van der Waals surface area contributed by atoms with Gasteiger partial charge in [0.15, 0.2) is 5.11 Å². The van der Waals surface area contributed by atoms with E-state index < -0.39 is 0 Å². The largest absolute Gasteiger partial charge is 0.351 e. The zero-order chi connectivity index (χ0) is 25.4. The van der Waals surface area contributed by atoms with Gasteiger partial charge in [0.25, 0.3) is 0 Å². The predicted molar refractivity (Wildman–Crippen MR) is 149 cm³/mol. The number of carbonyl (C=O) groups excluding carboxylic acids is 1. The first-order valence-electron chi connectivity index (χ1n) is 12.0. The van der Waals surface area contributed by atoms with Gasteiger partial charge in [-0.15, -0.1) is 0 Å². The summed E-state index contributed by atoms with van der Waals surface area (Å²) in [5.41, 5.74) is 8.61. The van der Waals surface area contributed by atoms with Crippen molar-refractivity contribution < 1.29 is 4.79 Å². The minimum absolute atomic E-state index is 0.0989. The number of aromatic nitrogens is 2. The molecule has 1 aliphatic heterocycles. The van der Waals surface area contributed by atoms with Crippen LogP contribution in [0, 0.1) is 20.8 Å². The SMILES string of the molecule is CC(=O)Nc1ccc(N2C(=S)N[C@H](c3ccccn3)[C@@H]2c2c(C)c(C)n(-c3ccccc3)c2C)cc1. The number of hydrogen-bond donors (Lipinski definition) is 2. The standard InChI is InChI=1S/C29H29N5OS/c1-18-19(2)33(23-10-6-5-7-11-23)20(3)26(18)28-27(25-12-8-9-17-30-25)32-29(36)34(28)24-15-13-22(14-16-24)31-21(4)35/h5-17,27-28H,1-4H3,(H,31,35)(H,32,36)/t27-,28+/m1/s1. The van der Waals surface area contributed by atoms with Gasteiger partial charge in [-0.05, 0) is 87.1 Å². The Morgan fingerprint density at radius 3 is 2.25 bits per heavy atom. The van der Waals surface area contributed by atoms with Crippen molar-refractivity contribution in [1.82, 2.24) is 14.9 Å². The summed E-state index contributed by atoms with van der Waals surface area (Å²) < 4.78 is 2.32. The molecule has 1 saturated heterocycles. The smallest absolute Gasteiger partial charge is 0.221 e. The first kappa shape index (κ1) is 23.8. The maximum Gasteiger partial charge on any atom is 0.221 e. The molecule has 0 spiro atoms. The molecule has 1 aliphatic rings. The van der Waals surface area contributed by atoms with Gasteiger partial charge in [0.05, 0.1) is 17.8 Å². The topological polar surface area (TPSA) is 62.2 Å². The summed E-state index contributed by atoms with van der Waals surface area (Å²) in [4.78, 5) is 18.4. The molecule has 2 aromatic heterocycles. The Bertz CT molecular complexity index is 1410. The number of para-hydroxylation sites is 1. The van der Waals surface area contributed by atoms with E-state index in [1.807, 2.05) is 54.7 Å². The van der Waals surface area contributed by atoms with Crippen LogP contribution in [-0.2, 0) is 4.79 Å². The highest BCUT2D eigenvalue weighted by atomic mass is 32.1. The van der Waals surface area contributed by atoms with Gasteiger partial charge in [-0.25, -0.2) is 0 Å². The van der Waals surface area contributed by atoms with Gasteiger partial charge < -0.3 is 20.1 Å². The Hall–Kier alpha value is -3.97. The summed E-state index contributed by atoms with van der Waals surface area (Å²) in [5.74, 6) is -0.0989. The second kappa shape index (κ2) is 9.59. The molecule has 0 aliphatic carbocycles. The summed E-state index contributed by atoms with van der Waals surface area (Å²) in [6, 6.07) is 24.0. The number of thiocarbonyl (C=S) groups is 1. The number of benzene rings is 2. The van der Waals surface area contributed by atoms with Crippen molar-refractivity contribution in [2.24, 2.45) is 0 Å². The fraction of sp³-hybridized carbons (Fsp3) is 0.207. The second-order valence-electron chi connectivity index (χ2n) is 9.11. The molecule has 2 N–H and O–H groups in total. The zero-order valence-corrected chi connectivity index (χ0v) is 21.6. The normalized spacial score (nSPS) is 17.2. The summed E-state index contributed by atoms with van der Waals surface area (Å²) in [6.07, 6.45) is 1.82. The van der Waals surface area contributed by atoms with Crippen LogP contribution in [0.15, 0.2) is 79.0 Å². The zero-order valence-electron chi connectivity index (χ0n) is 20.8. The first-order valence-corrected chi connectivity index (χ1v) is 12.4. The Kier molecular flexibility index (Phi) is 6.33. The lowest BCUT2D eigenvalue weighted by Crippen LogP contribution is -2.29. The maximum absolute atomic E-state index is 11.5. The van der Waals surface area contributed by atoms with Gasteiger partial charge >= 0.3 is 0 Å². The van der Waals surface area contributed by atoms with Crippen molar-refractivity contribution in [1.29, 1.82) is 0 Å². The second-order valence-corrected chi connectivity index (χ2v) is 9.49. The fourth-order valence-corrected chi connectivity index (χ4v) is 5.59. The monoisotopic (exact) mass is 495 g/mol. The molecular formula is C29H29N5OS. The Labute approximate surface area is 217 Å². The van der Waals surface area contributed by atoms with Crippen LogP contribution in [0.5, 0.6) is 0 Å². The molecular weight excluding hydrogens is 466 g/mol. The highest BCUT2D eigenvalue weighted by Gasteiger charge is 2.43. The molecule has 7 heteroatoms. The molecule has 36 heavy (non-hydrogen) atoms. The van der Waals surface area contributed by atoms with Crippen molar-refractivity contribution in [3.05, 3.63) is 107 Å². The molecule has 0 saturated carbocycles. The van der Waals surface area contributed by atoms with Crippen molar-refractivity contribution >= 4 is 34.6 Å². The number of rotatable bonds is 5. The number of carbonyl (C=O) groups is 1. The van der Waals surface area contributed by atoms with Gasteiger partial charge in [0.1, 0.15) is 0 Å². The van der Waals surface area contributed by atoms with Crippen LogP contribution in [0.4, 0.5) is 11.4 Å². The van der Waals surface area contributed by atoms with Gasteiger partial charge in [-0.3, -0.25) is 9.78 Å². The van der Waals surface area contributed by atoms with Crippen LogP contribution in [-0.4, -0.2) is 20.6 Å². The van der Waals surface area contributed by atoms with E-state index in [0.29, 0.717) is 5.11 Å². The Morgan fingerprint density at radius 1 is 0.917 bits per heavy atom. The molecule has 0 unspecified atom stereocenters. The average molecular weight is 496 g/mol. The van der Waals surface area contributed by atoms with E-state index in [4.69, 9.17) is 12.2 Å². The number of pyridine rings is 1. The molecule has 0 bridgehead atoms. The molecule has 1 amide bonds. The molecule has 1 fully saturated rings. The third-order valence-electron chi connectivity index (χ3n) is 6.88. The fourth-order valence-electron chi connectivity index (χ4n) is 5.24. The van der Waals surface area contributed by atoms with Crippen molar-refractivity contribution in [2.75, 3.05) is 10.2 Å². The third-order valence-corrected chi connectivity index (χ3v) is 7.20. The van der Waals surface area contributed by atoms with Crippen molar-refractivity contribution in [3.8, 4) is 5.69 Å². The lowest BCUT2D eigenvalue weighted by molar-refractivity contribution is -0.114. The summed E-state index contributed by atoms with van der Waals surface area (Å²) >= 11 is 5.91. The summed E-state index contributed by atoms with van der Waals surface area (Å²) in [5, 5.41) is 7.04. The molecule has 182 valence electrons. The van der Waals surface area contributed by atoms with E-state index in [1.165, 1.54) is 29.4 Å².